The Kier molecular flexibility index (Phi) is 1.43. The number of rotatable bonds is 1. The monoisotopic (exact) mass is 141 g/mol. The molecule has 53 valence electrons. The fourth-order valence-corrected chi connectivity index (χ4v) is 1.29. The average Bonchev–Trinajstić information content (AvgIpc) is 2.87. The Morgan fingerprint density at radius 3 is 3.00 bits per heavy atom. The fourth-order valence-electron chi connectivity index (χ4n) is 1.29. The second-order valence-electron chi connectivity index (χ2n) is 2.92. The Morgan fingerprint density at radius 1 is 1.55 bits per heavy atom. The van der Waals surface area contributed by atoms with Crippen LogP contribution >= 0.6 is 0 Å². The molecule has 0 unspecified atom stereocenters. The molecule has 0 saturated heterocycles. The number of benzene rings is 1. The van der Waals surface area contributed by atoms with Gasteiger partial charge in [0.25, 0.3) is 0 Å². The van der Waals surface area contributed by atoms with Crippen LogP contribution < -0.4 is 0 Å². The molecule has 0 N–H and O–H groups in total. The summed E-state index contributed by atoms with van der Waals surface area (Å²) in [5.74, 6) is 3.40. The SMILES string of the molecule is C#Cc1ccc[c]c1C1CC1. The predicted molar refractivity (Wildman–Crippen MR) is 45.2 cm³/mol. The van der Waals surface area contributed by atoms with E-state index in [2.05, 4.69) is 12.0 Å². The largest absolute Gasteiger partial charge is 0.115 e. The van der Waals surface area contributed by atoms with Gasteiger partial charge in [-0.2, -0.15) is 0 Å². The van der Waals surface area contributed by atoms with Crippen molar-refractivity contribution in [2.45, 2.75) is 18.8 Å². The van der Waals surface area contributed by atoms with Crippen LogP contribution in [0.15, 0.2) is 18.2 Å². The third-order valence-corrected chi connectivity index (χ3v) is 2.03. The zero-order chi connectivity index (χ0) is 7.68. The Balaban J connectivity index is 2.44. The van der Waals surface area contributed by atoms with Crippen LogP contribution in [0.3, 0.4) is 0 Å². The molecule has 0 aromatic heterocycles. The first-order chi connectivity index (χ1) is 5.42. The van der Waals surface area contributed by atoms with Crippen molar-refractivity contribution in [3.05, 3.63) is 35.4 Å². The van der Waals surface area contributed by atoms with Crippen molar-refractivity contribution in [1.82, 2.24) is 0 Å². The zero-order valence-corrected chi connectivity index (χ0v) is 6.30. The van der Waals surface area contributed by atoms with Crippen LogP contribution in [0, 0.1) is 18.4 Å². The Bertz CT molecular complexity index is 300. The molecule has 1 saturated carbocycles. The molecule has 1 radical (unpaired) electrons. The van der Waals surface area contributed by atoms with Gasteiger partial charge in [-0.3, -0.25) is 0 Å². The van der Waals surface area contributed by atoms with Gasteiger partial charge in [0.15, 0.2) is 0 Å². The number of terminal acetylenes is 1. The molecule has 0 heteroatoms. The maximum absolute atomic E-state index is 5.35. The van der Waals surface area contributed by atoms with E-state index >= 15 is 0 Å². The van der Waals surface area contributed by atoms with Crippen LogP contribution in [0.25, 0.3) is 0 Å². The molecule has 11 heavy (non-hydrogen) atoms. The second-order valence-corrected chi connectivity index (χ2v) is 2.92. The summed E-state index contributed by atoms with van der Waals surface area (Å²) >= 11 is 0. The zero-order valence-electron chi connectivity index (χ0n) is 6.30. The van der Waals surface area contributed by atoms with Gasteiger partial charge in [0.1, 0.15) is 0 Å². The lowest BCUT2D eigenvalue weighted by Crippen LogP contribution is -1.84. The summed E-state index contributed by atoms with van der Waals surface area (Å²) in [5.41, 5.74) is 2.27. The molecule has 1 aliphatic rings. The molecule has 0 heterocycles. The summed E-state index contributed by atoms with van der Waals surface area (Å²) in [4.78, 5) is 0. The summed E-state index contributed by atoms with van der Waals surface area (Å²) in [5, 5.41) is 0. The van der Waals surface area contributed by atoms with E-state index in [0.29, 0.717) is 5.92 Å². The van der Waals surface area contributed by atoms with Crippen LogP contribution in [0.1, 0.15) is 29.9 Å². The standard InChI is InChI=1S/C11H9/c1-2-9-5-3-4-6-11(9)10-7-8-10/h1,3-5,10H,7-8H2. The topological polar surface area (TPSA) is 0 Å². The summed E-state index contributed by atoms with van der Waals surface area (Å²) < 4.78 is 0. The van der Waals surface area contributed by atoms with E-state index in [0.717, 1.165) is 5.56 Å². The maximum atomic E-state index is 5.35. The highest BCUT2D eigenvalue weighted by atomic mass is 14.3. The Hall–Kier alpha value is -1.22. The smallest absolute Gasteiger partial charge is 0.0283 e. The van der Waals surface area contributed by atoms with Gasteiger partial charge in [-0.15, -0.1) is 6.42 Å². The normalized spacial score (nSPS) is 15.9. The summed E-state index contributed by atoms with van der Waals surface area (Å²) in [6.07, 6.45) is 7.92. The summed E-state index contributed by atoms with van der Waals surface area (Å²) in [6, 6.07) is 9.08. The van der Waals surface area contributed by atoms with Crippen molar-refractivity contribution in [3.8, 4) is 12.3 Å². The first-order valence-electron chi connectivity index (χ1n) is 3.89. The molecule has 2 rings (SSSR count). The van der Waals surface area contributed by atoms with Gasteiger partial charge >= 0.3 is 0 Å². The molecule has 1 aliphatic carbocycles. The minimum atomic E-state index is 0.710. The van der Waals surface area contributed by atoms with E-state index in [4.69, 9.17) is 6.42 Å². The van der Waals surface area contributed by atoms with Crippen molar-refractivity contribution in [2.75, 3.05) is 0 Å². The Labute approximate surface area is 67.2 Å². The van der Waals surface area contributed by atoms with Crippen LogP contribution in [0.4, 0.5) is 0 Å². The van der Waals surface area contributed by atoms with Gasteiger partial charge in [0.2, 0.25) is 0 Å². The van der Waals surface area contributed by atoms with Crippen LogP contribution in [-0.2, 0) is 0 Å². The van der Waals surface area contributed by atoms with Crippen molar-refractivity contribution < 1.29 is 0 Å². The van der Waals surface area contributed by atoms with E-state index in [9.17, 15) is 0 Å². The first-order valence-corrected chi connectivity index (χ1v) is 3.89. The molecule has 0 bridgehead atoms. The number of hydrogen-bond acceptors (Lipinski definition) is 0. The van der Waals surface area contributed by atoms with Gasteiger partial charge in [-0.05, 0) is 36.5 Å². The molecular weight excluding hydrogens is 132 g/mol. The van der Waals surface area contributed by atoms with Gasteiger partial charge in [0, 0.05) is 5.56 Å². The van der Waals surface area contributed by atoms with Crippen molar-refractivity contribution >= 4 is 0 Å². The highest BCUT2D eigenvalue weighted by Crippen LogP contribution is 2.40. The minimum Gasteiger partial charge on any atom is -0.115 e. The third-order valence-electron chi connectivity index (χ3n) is 2.03. The summed E-state index contributed by atoms with van der Waals surface area (Å²) in [6.45, 7) is 0. The molecule has 0 nitrogen and oxygen atoms in total. The van der Waals surface area contributed by atoms with Crippen molar-refractivity contribution in [1.29, 1.82) is 0 Å². The lowest BCUT2D eigenvalue weighted by atomic mass is 10.0. The summed E-state index contributed by atoms with van der Waals surface area (Å²) in [7, 11) is 0. The van der Waals surface area contributed by atoms with Crippen LogP contribution in [0.5, 0.6) is 0 Å². The molecule has 1 aromatic carbocycles. The van der Waals surface area contributed by atoms with Crippen LogP contribution in [0.2, 0.25) is 0 Å². The first kappa shape index (κ1) is 6.49. The molecule has 1 fully saturated rings. The minimum absolute atomic E-state index is 0.710. The average molecular weight is 141 g/mol. The molecule has 0 spiro atoms. The predicted octanol–water partition coefficient (Wildman–Crippen LogP) is 2.35. The lowest BCUT2D eigenvalue weighted by molar-refractivity contribution is 1.12. The van der Waals surface area contributed by atoms with Gasteiger partial charge in [0.05, 0.1) is 0 Å². The van der Waals surface area contributed by atoms with Gasteiger partial charge in [-0.1, -0.05) is 18.1 Å². The van der Waals surface area contributed by atoms with E-state index in [-0.39, 0.29) is 0 Å². The highest BCUT2D eigenvalue weighted by molar-refractivity contribution is 5.42. The van der Waals surface area contributed by atoms with E-state index < -0.39 is 0 Å². The van der Waals surface area contributed by atoms with Crippen LogP contribution in [-0.4, -0.2) is 0 Å². The van der Waals surface area contributed by atoms with Crippen molar-refractivity contribution in [3.63, 3.8) is 0 Å². The van der Waals surface area contributed by atoms with E-state index in [1.165, 1.54) is 18.4 Å². The molecule has 0 atom stereocenters. The Morgan fingerprint density at radius 2 is 2.36 bits per heavy atom. The molecule has 0 aliphatic heterocycles. The fraction of sp³-hybridized carbons (Fsp3) is 0.273. The molecule has 1 aromatic rings. The highest BCUT2D eigenvalue weighted by Gasteiger charge is 2.25. The third kappa shape index (κ3) is 1.14. The molecule has 0 amide bonds. The van der Waals surface area contributed by atoms with Crippen molar-refractivity contribution in [2.24, 2.45) is 0 Å². The van der Waals surface area contributed by atoms with Gasteiger partial charge in [-0.25, -0.2) is 0 Å². The van der Waals surface area contributed by atoms with E-state index in [1.54, 1.807) is 0 Å². The molecular formula is C11H9. The quantitative estimate of drug-likeness (QED) is 0.526. The number of hydrogen-bond donors (Lipinski definition) is 0. The van der Waals surface area contributed by atoms with Gasteiger partial charge < -0.3 is 0 Å². The maximum Gasteiger partial charge on any atom is 0.0283 e. The second kappa shape index (κ2) is 2.43. The lowest BCUT2D eigenvalue weighted by Gasteiger charge is -1.99. The van der Waals surface area contributed by atoms with E-state index in [1.807, 2.05) is 18.2 Å².